The highest BCUT2D eigenvalue weighted by Crippen LogP contribution is 2.48. The Hall–Kier alpha value is -6.45. The third-order valence-corrected chi connectivity index (χ3v) is 12.3. The number of aliphatic hydroxyl groups excluding tert-OH is 1. The van der Waals surface area contributed by atoms with Crippen molar-refractivity contribution < 1.29 is 29.0 Å². The van der Waals surface area contributed by atoms with Gasteiger partial charge in [0, 0.05) is 85.4 Å². The zero-order valence-corrected chi connectivity index (χ0v) is 33.8. The second-order valence-corrected chi connectivity index (χ2v) is 16.3. The van der Waals surface area contributed by atoms with E-state index in [0.717, 1.165) is 53.3 Å². The van der Waals surface area contributed by atoms with Gasteiger partial charge in [0.2, 0.25) is 17.7 Å². The third kappa shape index (κ3) is 8.61. The number of carbonyl (C=O) groups is 4. The highest BCUT2D eigenvalue weighted by Gasteiger charge is 2.44. The van der Waals surface area contributed by atoms with Crippen LogP contribution in [-0.4, -0.2) is 90.4 Å². The summed E-state index contributed by atoms with van der Waals surface area (Å²) < 4.78 is 7.86. The van der Waals surface area contributed by atoms with Crippen LogP contribution < -0.4 is 20.7 Å². The molecule has 9 rings (SSSR count). The molecule has 5 aromatic rings. The quantitative estimate of drug-likeness (QED) is 0.0834. The molecule has 2 fully saturated rings. The number of aromatic nitrogens is 4. The molecule has 2 aromatic heterocycles. The number of fused-ring (bicyclic) bond motifs is 4. The average Bonchev–Trinajstić information content (AvgIpc) is 4.00. The summed E-state index contributed by atoms with van der Waals surface area (Å²) in [7, 11) is 0. The zero-order valence-electron chi connectivity index (χ0n) is 33.8. The minimum Gasteiger partial charge on any atom is -0.493 e. The normalized spacial score (nSPS) is 20.7. The summed E-state index contributed by atoms with van der Waals surface area (Å²) in [6, 6.07) is 23.4. The Labute approximate surface area is 353 Å². The molecular weight excluding hydrogens is 775 g/mol. The molecule has 4 N–H and O–H groups in total. The Bertz CT molecular complexity index is 2440. The van der Waals surface area contributed by atoms with E-state index in [9.17, 15) is 24.3 Å². The summed E-state index contributed by atoms with van der Waals surface area (Å²) in [4.78, 5) is 58.5. The summed E-state index contributed by atoms with van der Waals surface area (Å²) >= 11 is 0. The molecule has 4 aliphatic rings. The van der Waals surface area contributed by atoms with Crippen molar-refractivity contribution in [3.05, 3.63) is 119 Å². The molecule has 0 radical (unpaired) electrons. The number of aryl methyl sites for hydroxylation is 2. The van der Waals surface area contributed by atoms with E-state index in [4.69, 9.17) is 4.74 Å². The molecule has 0 saturated carbocycles. The summed E-state index contributed by atoms with van der Waals surface area (Å²) in [6.45, 7) is 3.08. The van der Waals surface area contributed by atoms with Crippen molar-refractivity contribution in [2.45, 2.75) is 82.7 Å². The Balaban J connectivity index is 0.746. The Morgan fingerprint density at radius 3 is 2.67 bits per heavy atom. The van der Waals surface area contributed by atoms with Crippen LogP contribution >= 0.6 is 0 Å². The minimum absolute atomic E-state index is 0.00385. The van der Waals surface area contributed by atoms with Gasteiger partial charge in [0.1, 0.15) is 11.8 Å². The standard InChI is InChI=1S/C46H49N9O6/c56-28-39-35-17-21-53(25-29-15-18-47-19-16-29)44(35)36-24-31(11-12-38(36)49-39)30-5-1-6-32(23-30)48-42(57)10-2-7-33-26-54(52-51-33)20-4-22-61-41-9-3-8-34-37(41)27-55(46(34)60)40-13-14-43(58)50-45(40)59/h1,3,5-6,8-9,11-12,15-16,18-19,23-24,26,35,39-40,44,49,56H,2,4,7,10,13-14,17,20-22,25,27-28H2,(H,48,57)(H,50,58,59)/t35-,39-,40?,44-/m1/s1. The summed E-state index contributed by atoms with van der Waals surface area (Å²) in [5.41, 5.74) is 8.39. The van der Waals surface area contributed by atoms with E-state index in [1.807, 2.05) is 42.9 Å². The predicted octanol–water partition coefficient (Wildman–Crippen LogP) is 4.88. The highest BCUT2D eigenvalue weighted by atomic mass is 16.5. The van der Waals surface area contributed by atoms with Gasteiger partial charge in [-0.3, -0.25) is 39.1 Å². The molecule has 61 heavy (non-hydrogen) atoms. The molecule has 0 spiro atoms. The number of nitrogens with one attached hydrogen (secondary N) is 3. The van der Waals surface area contributed by atoms with Crippen LogP contribution in [0.25, 0.3) is 11.1 Å². The van der Waals surface area contributed by atoms with Crippen molar-refractivity contribution in [3.8, 4) is 16.9 Å². The van der Waals surface area contributed by atoms with Crippen LogP contribution in [0.2, 0.25) is 0 Å². The van der Waals surface area contributed by atoms with Gasteiger partial charge in [-0.05, 0) is 103 Å². The molecule has 1 unspecified atom stereocenters. The van der Waals surface area contributed by atoms with Gasteiger partial charge >= 0.3 is 0 Å². The van der Waals surface area contributed by atoms with Crippen LogP contribution in [0.1, 0.15) is 77.3 Å². The SMILES string of the molecule is O=C1CCC(N2Cc3c(OCCCn4cc(CCCC(=O)Nc5cccc(-c6ccc7c(c6)[C@H]6[C@H](CCN6Cc6ccncc6)[C@@H](CO)N7)c5)nn4)cccc3C2=O)C(=O)N1. The van der Waals surface area contributed by atoms with Crippen molar-refractivity contribution in [1.82, 2.24) is 35.1 Å². The van der Waals surface area contributed by atoms with E-state index in [2.05, 4.69) is 72.5 Å². The van der Waals surface area contributed by atoms with Crippen LogP contribution in [0, 0.1) is 5.92 Å². The van der Waals surface area contributed by atoms with Crippen LogP contribution in [0.3, 0.4) is 0 Å². The second kappa shape index (κ2) is 17.6. The number of likely N-dealkylation sites (tertiary alicyclic amines) is 1. The van der Waals surface area contributed by atoms with Gasteiger partial charge < -0.3 is 25.4 Å². The van der Waals surface area contributed by atoms with Crippen molar-refractivity contribution in [1.29, 1.82) is 0 Å². The molecule has 314 valence electrons. The molecular formula is C46H49N9O6. The lowest BCUT2D eigenvalue weighted by Gasteiger charge is -2.39. The molecule has 4 aliphatic heterocycles. The molecule has 15 nitrogen and oxygen atoms in total. The van der Waals surface area contributed by atoms with Crippen molar-refractivity contribution in [2.24, 2.45) is 5.92 Å². The van der Waals surface area contributed by atoms with Gasteiger partial charge in [-0.25, -0.2) is 0 Å². The van der Waals surface area contributed by atoms with Gasteiger partial charge in [-0.15, -0.1) is 5.10 Å². The average molecular weight is 824 g/mol. The zero-order chi connectivity index (χ0) is 41.9. The molecule has 0 bridgehead atoms. The van der Waals surface area contributed by atoms with E-state index in [1.165, 1.54) is 16.0 Å². The number of hydrogen-bond acceptors (Lipinski definition) is 11. The first-order valence-electron chi connectivity index (χ1n) is 21.1. The van der Waals surface area contributed by atoms with E-state index in [-0.39, 0.29) is 49.4 Å². The lowest BCUT2D eigenvalue weighted by atomic mass is 9.82. The van der Waals surface area contributed by atoms with Crippen LogP contribution in [0.4, 0.5) is 11.4 Å². The number of piperidine rings is 1. The number of aliphatic hydroxyl groups is 1. The topological polar surface area (TPSA) is 184 Å². The summed E-state index contributed by atoms with van der Waals surface area (Å²) in [6.07, 6.45) is 9.29. The Morgan fingerprint density at radius 1 is 0.967 bits per heavy atom. The van der Waals surface area contributed by atoms with E-state index in [1.54, 1.807) is 16.8 Å². The maximum Gasteiger partial charge on any atom is 0.255 e. The van der Waals surface area contributed by atoms with Gasteiger partial charge in [-0.1, -0.05) is 29.5 Å². The van der Waals surface area contributed by atoms with Crippen molar-refractivity contribution in [3.63, 3.8) is 0 Å². The number of pyridine rings is 1. The first-order valence-corrected chi connectivity index (χ1v) is 21.1. The smallest absolute Gasteiger partial charge is 0.255 e. The number of hydrogen-bond donors (Lipinski definition) is 4. The van der Waals surface area contributed by atoms with Crippen molar-refractivity contribution in [2.75, 3.05) is 30.4 Å². The van der Waals surface area contributed by atoms with E-state index < -0.39 is 11.9 Å². The molecule has 0 aliphatic carbocycles. The number of ether oxygens (including phenoxy) is 1. The maximum absolute atomic E-state index is 13.1. The lowest BCUT2D eigenvalue weighted by Crippen LogP contribution is -2.52. The maximum atomic E-state index is 13.1. The van der Waals surface area contributed by atoms with Crippen LogP contribution in [0.15, 0.2) is 91.4 Å². The monoisotopic (exact) mass is 823 g/mol. The minimum atomic E-state index is -0.678. The number of nitrogens with zero attached hydrogens (tertiary/aromatic N) is 6. The largest absolute Gasteiger partial charge is 0.493 e. The number of amides is 4. The number of benzene rings is 3. The van der Waals surface area contributed by atoms with Gasteiger partial charge in [0.15, 0.2) is 0 Å². The number of anilines is 2. The summed E-state index contributed by atoms with van der Waals surface area (Å²) in [5.74, 6) is -0.163. The first-order chi connectivity index (χ1) is 29.8. The number of carbonyl (C=O) groups excluding carboxylic acids is 4. The molecule has 15 heteroatoms. The summed E-state index contributed by atoms with van der Waals surface area (Å²) in [5, 5.41) is 27.8. The molecule has 4 amide bonds. The van der Waals surface area contributed by atoms with E-state index in [0.29, 0.717) is 62.5 Å². The van der Waals surface area contributed by atoms with Gasteiger partial charge in [0.25, 0.3) is 5.91 Å². The van der Waals surface area contributed by atoms with Crippen LogP contribution in [0.5, 0.6) is 5.75 Å². The second-order valence-electron chi connectivity index (χ2n) is 16.3. The Morgan fingerprint density at radius 2 is 1.82 bits per heavy atom. The van der Waals surface area contributed by atoms with Crippen molar-refractivity contribution >= 4 is 35.0 Å². The number of rotatable bonds is 15. The fourth-order valence-electron chi connectivity index (χ4n) is 9.33. The lowest BCUT2D eigenvalue weighted by molar-refractivity contribution is -0.137. The van der Waals surface area contributed by atoms with Gasteiger partial charge in [-0.2, -0.15) is 0 Å². The van der Waals surface area contributed by atoms with Gasteiger partial charge in [0.05, 0.1) is 31.5 Å². The third-order valence-electron chi connectivity index (χ3n) is 12.3. The fourth-order valence-corrected chi connectivity index (χ4v) is 9.33. The van der Waals surface area contributed by atoms with E-state index >= 15 is 0 Å². The predicted molar refractivity (Wildman–Crippen MR) is 226 cm³/mol. The first kappa shape index (κ1) is 40.0. The number of imide groups is 1. The molecule has 2 saturated heterocycles. The highest BCUT2D eigenvalue weighted by molar-refractivity contribution is 6.05. The molecule has 4 atom stereocenters. The fraction of sp³-hybridized carbons (Fsp3) is 0.370. The molecule has 6 heterocycles. The Kier molecular flexibility index (Phi) is 11.6. The van der Waals surface area contributed by atoms with Crippen LogP contribution in [-0.2, 0) is 40.4 Å². The molecule has 3 aromatic carbocycles.